The van der Waals surface area contributed by atoms with Gasteiger partial charge in [-0.3, -0.25) is 14.4 Å². The van der Waals surface area contributed by atoms with Crippen LogP contribution in [0.2, 0.25) is 5.02 Å². The summed E-state index contributed by atoms with van der Waals surface area (Å²) >= 11 is 6.02. The first-order valence-corrected chi connectivity index (χ1v) is 9.85. The van der Waals surface area contributed by atoms with Gasteiger partial charge in [-0.25, -0.2) is 0 Å². The maximum absolute atomic E-state index is 13.5. The molecule has 0 saturated heterocycles. The Kier molecular flexibility index (Phi) is 4.19. The number of esters is 1. The van der Waals surface area contributed by atoms with Crippen LogP contribution in [0.25, 0.3) is 0 Å². The van der Waals surface area contributed by atoms with Gasteiger partial charge in [-0.15, -0.1) is 0 Å². The highest BCUT2D eigenvalue weighted by molar-refractivity contribution is 6.30. The molecular formula is C25H15ClO4. The third-order valence-corrected chi connectivity index (χ3v) is 5.95. The molecule has 1 heterocycles. The van der Waals surface area contributed by atoms with Gasteiger partial charge in [0, 0.05) is 27.3 Å². The van der Waals surface area contributed by atoms with Gasteiger partial charge < -0.3 is 4.74 Å². The number of halogens is 1. The van der Waals surface area contributed by atoms with Gasteiger partial charge in [0.15, 0.2) is 11.6 Å². The van der Waals surface area contributed by atoms with E-state index < -0.39 is 11.4 Å². The lowest BCUT2D eigenvalue weighted by Gasteiger charge is -2.30. The van der Waals surface area contributed by atoms with E-state index in [-0.39, 0.29) is 23.6 Å². The molecule has 1 atom stereocenters. The van der Waals surface area contributed by atoms with Crippen LogP contribution in [-0.4, -0.2) is 17.5 Å². The Morgan fingerprint density at radius 2 is 1.47 bits per heavy atom. The molecule has 0 aromatic heterocycles. The van der Waals surface area contributed by atoms with Crippen molar-refractivity contribution in [3.8, 4) is 5.75 Å². The van der Waals surface area contributed by atoms with Crippen LogP contribution in [0.15, 0.2) is 84.4 Å². The lowest BCUT2D eigenvalue weighted by Crippen LogP contribution is -2.42. The molecule has 0 bridgehead atoms. The van der Waals surface area contributed by atoms with Gasteiger partial charge in [0.25, 0.3) is 0 Å². The number of allylic oxidation sites excluding steroid dienone is 1. The van der Waals surface area contributed by atoms with Crippen LogP contribution in [0, 0.1) is 0 Å². The third-order valence-electron chi connectivity index (χ3n) is 5.70. The van der Waals surface area contributed by atoms with Gasteiger partial charge in [0.1, 0.15) is 11.2 Å². The van der Waals surface area contributed by atoms with Gasteiger partial charge in [-0.2, -0.15) is 0 Å². The third kappa shape index (κ3) is 2.65. The minimum atomic E-state index is -1.41. The van der Waals surface area contributed by atoms with Crippen molar-refractivity contribution in [2.24, 2.45) is 0 Å². The second-order valence-corrected chi connectivity index (χ2v) is 7.83. The Bertz CT molecular complexity index is 1260. The van der Waals surface area contributed by atoms with Crippen LogP contribution in [0.5, 0.6) is 5.75 Å². The molecule has 1 aliphatic carbocycles. The molecule has 30 heavy (non-hydrogen) atoms. The van der Waals surface area contributed by atoms with E-state index in [1.807, 2.05) is 12.1 Å². The predicted octanol–water partition coefficient (Wildman–Crippen LogP) is 4.75. The molecule has 3 aromatic rings. The lowest BCUT2D eigenvalue weighted by atomic mass is 9.66. The fraction of sp³-hybridized carbons (Fsp3) is 0.0800. The van der Waals surface area contributed by atoms with E-state index in [4.69, 9.17) is 16.3 Å². The molecule has 5 rings (SSSR count). The average molecular weight is 415 g/mol. The summed E-state index contributed by atoms with van der Waals surface area (Å²) in [5, 5.41) is 0.569. The summed E-state index contributed by atoms with van der Waals surface area (Å²) in [5.74, 6) is -0.803. The maximum Gasteiger partial charge on any atom is 0.327 e. The number of rotatable bonds is 3. The maximum atomic E-state index is 13.5. The first-order valence-electron chi connectivity index (χ1n) is 9.47. The standard InChI is InChI=1S/C25H15ClO4/c26-16-11-9-15(10-12-16)14-25(19-7-3-4-8-22(19)30-24(25)29)20-13-21(27)17-5-1-2-6-18(17)23(20)28/h1-13H,14H2/t25-/m1/s1. The number of ketones is 2. The molecular weight excluding hydrogens is 400 g/mol. The van der Waals surface area contributed by atoms with Crippen molar-refractivity contribution in [1.29, 1.82) is 0 Å². The number of Topliss-reactive ketones (excluding diaryl/α,β-unsaturated/α-hetero) is 1. The van der Waals surface area contributed by atoms with Gasteiger partial charge >= 0.3 is 5.97 Å². The Balaban J connectivity index is 1.74. The summed E-state index contributed by atoms with van der Waals surface area (Å²) < 4.78 is 5.57. The zero-order valence-corrected chi connectivity index (χ0v) is 16.5. The van der Waals surface area contributed by atoms with Gasteiger partial charge in [-0.05, 0) is 36.3 Å². The zero-order chi connectivity index (χ0) is 20.9. The second-order valence-electron chi connectivity index (χ2n) is 7.39. The van der Waals surface area contributed by atoms with E-state index in [0.29, 0.717) is 27.5 Å². The first kappa shape index (κ1) is 18.5. The molecule has 0 amide bonds. The summed E-state index contributed by atoms with van der Waals surface area (Å²) in [7, 11) is 0. The molecule has 0 radical (unpaired) electrons. The summed E-state index contributed by atoms with van der Waals surface area (Å²) in [6.45, 7) is 0. The van der Waals surface area contributed by atoms with Crippen molar-refractivity contribution in [2.45, 2.75) is 11.8 Å². The van der Waals surface area contributed by atoms with Gasteiger partial charge in [0.2, 0.25) is 0 Å². The monoisotopic (exact) mass is 414 g/mol. The quantitative estimate of drug-likeness (QED) is 0.458. The molecule has 0 N–H and O–H groups in total. The molecule has 4 nitrogen and oxygen atoms in total. The highest BCUT2D eigenvalue weighted by Crippen LogP contribution is 2.48. The summed E-state index contributed by atoms with van der Waals surface area (Å²) in [4.78, 5) is 39.7. The summed E-state index contributed by atoms with van der Waals surface area (Å²) in [6.07, 6.45) is 1.47. The van der Waals surface area contributed by atoms with Crippen LogP contribution in [0.3, 0.4) is 0 Å². The highest BCUT2D eigenvalue weighted by atomic mass is 35.5. The van der Waals surface area contributed by atoms with Gasteiger partial charge in [-0.1, -0.05) is 66.2 Å². The average Bonchev–Trinajstić information content (AvgIpc) is 3.04. The van der Waals surface area contributed by atoms with Crippen LogP contribution in [0.1, 0.15) is 31.8 Å². The van der Waals surface area contributed by atoms with Gasteiger partial charge in [0.05, 0.1) is 0 Å². The molecule has 2 aliphatic rings. The number of para-hydroxylation sites is 1. The van der Waals surface area contributed by atoms with Crippen molar-refractivity contribution in [3.63, 3.8) is 0 Å². The molecule has 5 heteroatoms. The number of carbonyl (C=O) groups is 3. The molecule has 146 valence electrons. The van der Waals surface area contributed by atoms with Crippen molar-refractivity contribution < 1.29 is 19.1 Å². The van der Waals surface area contributed by atoms with Crippen LogP contribution < -0.4 is 4.74 Å². The van der Waals surface area contributed by atoms with Crippen LogP contribution in [0.4, 0.5) is 0 Å². The van der Waals surface area contributed by atoms with Crippen molar-refractivity contribution >= 4 is 29.1 Å². The fourth-order valence-electron chi connectivity index (χ4n) is 4.26. The highest BCUT2D eigenvalue weighted by Gasteiger charge is 2.55. The molecule has 0 saturated carbocycles. The largest absolute Gasteiger partial charge is 0.425 e. The molecule has 0 fully saturated rings. The van der Waals surface area contributed by atoms with E-state index in [2.05, 4.69) is 0 Å². The van der Waals surface area contributed by atoms with E-state index >= 15 is 0 Å². The van der Waals surface area contributed by atoms with E-state index in [1.165, 1.54) is 6.08 Å². The van der Waals surface area contributed by atoms with Crippen LogP contribution >= 0.6 is 11.6 Å². The molecule has 1 aliphatic heterocycles. The number of hydrogen-bond donors (Lipinski definition) is 0. The minimum absolute atomic E-state index is 0.135. The topological polar surface area (TPSA) is 60.4 Å². The number of carbonyl (C=O) groups excluding carboxylic acids is 3. The van der Waals surface area contributed by atoms with E-state index in [0.717, 1.165) is 5.56 Å². The molecule has 0 unspecified atom stereocenters. The Morgan fingerprint density at radius 3 is 2.23 bits per heavy atom. The number of fused-ring (bicyclic) bond motifs is 2. The van der Waals surface area contributed by atoms with E-state index in [9.17, 15) is 14.4 Å². The van der Waals surface area contributed by atoms with Crippen molar-refractivity contribution in [1.82, 2.24) is 0 Å². The molecule has 0 spiro atoms. The Labute approximate surface area is 177 Å². The minimum Gasteiger partial charge on any atom is -0.425 e. The summed E-state index contributed by atoms with van der Waals surface area (Å²) in [6, 6.07) is 20.8. The smallest absolute Gasteiger partial charge is 0.327 e. The predicted molar refractivity (Wildman–Crippen MR) is 112 cm³/mol. The number of benzene rings is 3. The Morgan fingerprint density at radius 1 is 0.800 bits per heavy atom. The first-order chi connectivity index (χ1) is 14.5. The van der Waals surface area contributed by atoms with E-state index in [1.54, 1.807) is 60.7 Å². The lowest BCUT2D eigenvalue weighted by molar-refractivity contribution is -0.136. The van der Waals surface area contributed by atoms with Crippen LogP contribution in [-0.2, 0) is 16.6 Å². The Hall–Kier alpha value is -3.50. The summed E-state index contributed by atoms with van der Waals surface area (Å²) in [5.41, 5.74) is 0.742. The molecule has 3 aromatic carbocycles. The normalized spacial score (nSPS) is 19.8. The fourth-order valence-corrected chi connectivity index (χ4v) is 4.39. The SMILES string of the molecule is O=C1C=C([C@]2(Cc3ccc(Cl)cc3)C(=O)Oc3ccccc32)C(=O)c2ccccc21. The zero-order valence-electron chi connectivity index (χ0n) is 15.7. The second kappa shape index (κ2) is 6.78. The van der Waals surface area contributed by atoms with Crippen molar-refractivity contribution in [3.05, 3.63) is 112 Å². The van der Waals surface area contributed by atoms with Crippen molar-refractivity contribution in [2.75, 3.05) is 0 Å². The number of ether oxygens (including phenoxy) is 1. The number of hydrogen-bond acceptors (Lipinski definition) is 4.